The fourth-order valence-corrected chi connectivity index (χ4v) is 2.29. The number of rotatable bonds is 6. The zero-order chi connectivity index (χ0) is 18.4. The Bertz CT molecular complexity index is 906. The highest BCUT2D eigenvalue weighted by Crippen LogP contribution is 2.18. The number of aryl methyl sites for hydroxylation is 1. The Morgan fingerprint density at radius 1 is 1.04 bits per heavy atom. The van der Waals surface area contributed by atoms with Crippen molar-refractivity contribution in [2.45, 2.75) is 13.3 Å². The van der Waals surface area contributed by atoms with Gasteiger partial charge in [0, 0.05) is 5.56 Å². The average molecular weight is 351 g/mol. The molecular weight excluding hydrogens is 334 g/mol. The summed E-state index contributed by atoms with van der Waals surface area (Å²) in [6, 6.07) is 16.6. The van der Waals surface area contributed by atoms with Gasteiger partial charge in [0.1, 0.15) is 0 Å². The monoisotopic (exact) mass is 351 g/mol. The molecule has 1 amide bonds. The van der Waals surface area contributed by atoms with Crippen LogP contribution >= 0.6 is 0 Å². The highest BCUT2D eigenvalue weighted by atomic mass is 16.5. The van der Waals surface area contributed by atoms with Crippen LogP contribution in [0.15, 0.2) is 59.0 Å². The molecule has 0 bridgehead atoms. The molecule has 0 fully saturated rings. The highest BCUT2D eigenvalue weighted by Gasteiger charge is 2.13. The van der Waals surface area contributed by atoms with Gasteiger partial charge in [0.25, 0.3) is 5.91 Å². The number of aromatic nitrogens is 2. The predicted molar refractivity (Wildman–Crippen MR) is 94.2 cm³/mol. The van der Waals surface area contributed by atoms with Crippen molar-refractivity contribution in [2.24, 2.45) is 0 Å². The van der Waals surface area contributed by atoms with E-state index in [9.17, 15) is 9.59 Å². The molecule has 0 saturated heterocycles. The van der Waals surface area contributed by atoms with Gasteiger partial charge in [-0.2, -0.15) is 0 Å². The maximum atomic E-state index is 11.9. The molecule has 3 rings (SSSR count). The second-order valence-corrected chi connectivity index (χ2v) is 5.59. The van der Waals surface area contributed by atoms with E-state index in [0.29, 0.717) is 0 Å². The van der Waals surface area contributed by atoms with Crippen LogP contribution < -0.4 is 5.32 Å². The molecule has 26 heavy (non-hydrogen) atoms. The van der Waals surface area contributed by atoms with Crippen molar-refractivity contribution in [3.8, 4) is 11.5 Å². The normalized spacial score (nSPS) is 10.3. The van der Waals surface area contributed by atoms with Crippen molar-refractivity contribution in [3.05, 3.63) is 65.7 Å². The molecule has 0 atom stereocenters. The van der Waals surface area contributed by atoms with Crippen LogP contribution in [0.25, 0.3) is 11.5 Å². The summed E-state index contributed by atoms with van der Waals surface area (Å²) in [5.74, 6) is -0.742. The van der Waals surface area contributed by atoms with Crippen LogP contribution in [0.1, 0.15) is 11.1 Å². The van der Waals surface area contributed by atoms with E-state index in [-0.39, 0.29) is 18.3 Å². The van der Waals surface area contributed by atoms with Gasteiger partial charge in [-0.15, -0.1) is 5.10 Å². The smallest absolute Gasteiger partial charge is 0.322 e. The van der Waals surface area contributed by atoms with Crippen molar-refractivity contribution >= 4 is 17.9 Å². The molecule has 7 heteroatoms. The molecule has 1 N–H and O–H groups in total. The number of esters is 1. The first-order chi connectivity index (χ1) is 12.6. The van der Waals surface area contributed by atoms with E-state index < -0.39 is 18.5 Å². The van der Waals surface area contributed by atoms with E-state index in [1.165, 1.54) is 0 Å². The topological polar surface area (TPSA) is 94.3 Å². The SMILES string of the molecule is Cc1ccccc1CC(=O)OCC(=O)Nc1nnc(-c2ccccc2)o1. The van der Waals surface area contributed by atoms with Gasteiger partial charge in [0.15, 0.2) is 6.61 Å². The quantitative estimate of drug-likeness (QED) is 0.686. The van der Waals surface area contributed by atoms with Gasteiger partial charge in [-0.1, -0.05) is 47.6 Å². The van der Waals surface area contributed by atoms with Gasteiger partial charge in [-0.3, -0.25) is 14.9 Å². The third-order valence-corrected chi connectivity index (χ3v) is 3.65. The summed E-state index contributed by atoms with van der Waals surface area (Å²) < 4.78 is 10.3. The van der Waals surface area contributed by atoms with Gasteiger partial charge in [0.2, 0.25) is 5.89 Å². The molecule has 0 unspecified atom stereocenters. The predicted octanol–water partition coefficient (Wildman–Crippen LogP) is 2.77. The highest BCUT2D eigenvalue weighted by molar-refractivity contribution is 5.91. The number of ether oxygens (including phenoxy) is 1. The van der Waals surface area contributed by atoms with E-state index in [0.717, 1.165) is 16.7 Å². The van der Waals surface area contributed by atoms with Gasteiger partial charge in [-0.25, -0.2) is 0 Å². The summed E-state index contributed by atoms with van der Waals surface area (Å²) in [5, 5.41) is 10.0. The van der Waals surface area contributed by atoms with Crippen molar-refractivity contribution < 1.29 is 18.7 Å². The molecule has 1 heterocycles. The number of anilines is 1. The lowest BCUT2D eigenvalue weighted by Crippen LogP contribution is -2.22. The van der Waals surface area contributed by atoms with Crippen molar-refractivity contribution in [3.63, 3.8) is 0 Å². The van der Waals surface area contributed by atoms with Gasteiger partial charge < -0.3 is 9.15 Å². The molecule has 132 valence electrons. The maximum absolute atomic E-state index is 11.9. The molecule has 3 aromatic rings. The number of hydrogen-bond acceptors (Lipinski definition) is 6. The summed E-state index contributed by atoms with van der Waals surface area (Å²) in [7, 11) is 0. The summed E-state index contributed by atoms with van der Waals surface area (Å²) in [5.41, 5.74) is 2.60. The minimum absolute atomic E-state index is 0.0520. The van der Waals surface area contributed by atoms with Crippen LogP contribution in [0, 0.1) is 6.92 Å². The maximum Gasteiger partial charge on any atom is 0.322 e. The van der Waals surface area contributed by atoms with Crippen molar-refractivity contribution in [2.75, 3.05) is 11.9 Å². The zero-order valence-corrected chi connectivity index (χ0v) is 14.1. The molecule has 2 aromatic carbocycles. The minimum atomic E-state index is -0.550. The number of nitrogens with one attached hydrogen (secondary N) is 1. The first-order valence-corrected chi connectivity index (χ1v) is 8.01. The summed E-state index contributed by atoms with van der Waals surface area (Å²) in [6.07, 6.45) is 0.110. The van der Waals surface area contributed by atoms with Crippen LogP contribution in [0.5, 0.6) is 0 Å². The lowest BCUT2D eigenvalue weighted by Gasteiger charge is -2.06. The first-order valence-electron chi connectivity index (χ1n) is 8.01. The molecule has 0 saturated carbocycles. The Kier molecular flexibility index (Phi) is 5.38. The summed E-state index contributed by atoms with van der Waals surface area (Å²) >= 11 is 0. The van der Waals surface area contributed by atoms with Crippen LogP contribution in [0.4, 0.5) is 6.01 Å². The molecule has 1 aromatic heterocycles. The second kappa shape index (κ2) is 8.06. The Hall–Kier alpha value is -3.48. The second-order valence-electron chi connectivity index (χ2n) is 5.59. The molecule has 0 spiro atoms. The third-order valence-electron chi connectivity index (χ3n) is 3.65. The molecule has 0 radical (unpaired) electrons. The molecule has 0 aliphatic heterocycles. The van der Waals surface area contributed by atoms with Gasteiger partial charge in [-0.05, 0) is 30.2 Å². The Labute approximate surface area is 150 Å². The van der Waals surface area contributed by atoms with Crippen LogP contribution in [-0.4, -0.2) is 28.7 Å². The number of nitrogens with zero attached hydrogens (tertiary/aromatic N) is 2. The Morgan fingerprint density at radius 3 is 2.54 bits per heavy atom. The van der Waals surface area contributed by atoms with E-state index in [4.69, 9.17) is 9.15 Å². The number of benzene rings is 2. The average Bonchev–Trinajstić information content (AvgIpc) is 3.11. The van der Waals surface area contributed by atoms with Crippen molar-refractivity contribution in [1.29, 1.82) is 0 Å². The van der Waals surface area contributed by atoms with Crippen LogP contribution in [-0.2, 0) is 20.7 Å². The van der Waals surface area contributed by atoms with Crippen LogP contribution in [0.2, 0.25) is 0 Å². The van der Waals surface area contributed by atoms with E-state index in [1.807, 2.05) is 61.5 Å². The number of amides is 1. The summed E-state index contributed by atoms with van der Waals surface area (Å²) in [6.45, 7) is 1.49. The first kappa shape index (κ1) is 17.3. The standard InChI is InChI=1S/C19H17N3O4/c1-13-7-5-6-10-15(13)11-17(24)25-12-16(23)20-19-22-21-18(26-19)14-8-3-2-4-9-14/h2-10H,11-12H2,1H3,(H,20,22,23). The van der Waals surface area contributed by atoms with Crippen LogP contribution in [0.3, 0.4) is 0 Å². The lowest BCUT2D eigenvalue weighted by molar-refractivity contribution is -0.146. The van der Waals surface area contributed by atoms with E-state index in [1.54, 1.807) is 0 Å². The largest absolute Gasteiger partial charge is 0.455 e. The molecule has 7 nitrogen and oxygen atoms in total. The molecule has 0 aliphatic carbocycles. The minimum Gasteiger partial charge on any atom is -0.455 e. The number of hydrogen-bond donors (Lipinski definition) is 1. The third kappa shape index (κ3) is 4.54. The number of carbonyl (C=O) groups is 2. The summed E-state index contributed by atoms with van der Waals surface area (Å²) in [4.78, 5) is 23.7. The lowest BCUT2D eigenvalue weighted by atomic mass is 10.1. The Balaban J connectivity index is 1.49. The van der Waals surface area contributed by atoms with E-state index >= 15 is 0 Å². The van der Waals surface area contributed by atoms with Crippen molar-refractivity contribution in [1.82, 2.24) is 10.2 Å². The molecular formula is C19H17N3O4. The fourth-order valence-electron chi connectivity index (χ4n) is 2.29. The number of carbonyl (C=O) groups excluding carboxylic acids is 2. The van der Waals surface area contributed by atoms with E-state index in [2.05, 4.69) is 15.5 Å². The Morgan fingerprint density at radius 2 is 1.77 bits per heavy atom. The molecule has 0 aliphatic rings. The zero-order valence-electron chi connectivity index (χ0n) is 14.1. The van der Waals surface area contributed by atoms with Gasteiger partial charge >= 0.3 is 12.0 Å². The fraction of sp³-hybridized carbons (Fsp3) is 0.158. The van der Waals surface area contributed by atoms with Gasteiger partial charge in [0.05, 0.1) is 6.42 Å².